The third-order valence-corrected chi connectivity index (χ3v) is 3.75. The lowest BCUT2D eigenvalue weighted by molar-refractivity contribution is -0.115. The van der Waals surface area contributed by atoms with E-state index in [1.165, 1.54) is 25.7 Å². The van der Waals surface area contributed by atoms with Crippen LogP contribution in [-0.4, -0.2) is 18.5 Å². The van der Waals surface area contributed by atoms with E-state index in [2.05, 4.69) is 17.6 Å². The van der Waals surface area contributed by atoms with E-state index in [1.54, 1.807) is 0 Å². The van der Waals surface area contributed by atoms with Gasteiger partial charge in [0.15, 0.2) is 0 Å². The van der Waals surface area contributed by atoms with Gasteiger partial charge in [0, 0.05) is 11.7 Å². The molecule has 1 unspecified atom stereocenters. The molecular formula is C15H22N2O. The van der Waals surface area contributed by atoms with Crippen molar-refractivity contribution in [2.45, 2.75) is 38.6 Å². The number of rotatable bonds is 5. The zero-order valence-electron chi connectivity index (χ0n) is 11.0. The summed E-state index contributed by atoms with van der Waals surface area (Å²) in [5, 5.41) is 6.22. The zero-order valence-corrected chi connectivity index (χ0v) is 11.0. The summed E-state index contributed by atoms with van der Waals surface area (Å²) in [6.07, 6.45) is 5.28. The lowest BCUT2D eigenvalue weighted by atomic mass is 10.00. The normalized spacial score (nSPS) is 17.6. The highest BCUT2D eigenvalue weighted by Gasteiger charge is 2.21. The van der Waals surface area contributed by atoms with Crippen molar-refractivity contribution in [1.29, 1.82) is 0 Å². The molecule has 0 radical (unpaired) electrons. The smallest absolute Gasteiger partial charge is 0.238 e. The van der Waals surface area contributed by atoms with Crippen molar-refractivity contribution in [3.05, 3.63) is 30.3 Å². The SMILES string of the molecule is CC(NCC(=O)Nc1ccccc1)C1CCCC1. The molecule has 2 N–H and O–H groups in total. The van der Waals surface area contributed by atoms with Crippen molar-refractivity contribution in [1.82, 2.24) is 5.32 Å². The molecule has 0 aliphatic heterocycles. The van der Waals surface area contributed by atoms with Crippen molar-refractivity contribution in [3.8, 4) is 0 Å². The fourth-order valence-electron chi connectivity index (χ4n) is 2.60. The number of benzene rings is 1. The summed E-state index contributed by atoms with van der Waals surface area (Å²) in [6, 6.07) is 10.0. The van der Waals surface area contributed by atoms with Gasteiger partial charge >= 0.3 is 0 Å². The first-order valence-electron chi connectivity index (χ1n) is 6.84. The number of nitrogens with one attached hydrogen (secondary N) is 2. The van der Waals surface area contributed by atoms with Gasteiger partial charge in [0.05, 0.1) is 6.54 Å². The number of anilines is 1. The molecule has 1 aliphatic carbocycles. The Bertz CT molecular complexity index is 371. The summed E-state index contributed by atoms with van der Waals surface area (Å²) in [5.74, 6) is 0.778. The van der Waals surface area contributed by atoms with Crippen LogP contribution in [0, 0.1) is 5.92 Å². The van der Waals surface area contributed by atoms with Crippen LogP contribution < -0.4 is 10.6 Å². The van der Waals surface area contributed by atoms with Gasteiger partial charge in [-0.2, -0.15) is 0 Å². The van der Waals surface area contributed by atoms with Crippen LogP contribution in [0.1, 0.15) is 32.6 Å². The zero-order chi connectivity index (χ0) is 12.8. The van der Waals surface area contributed by atoms with Crippen LogP contribution in [-0.2, 0) is 4.79 Å². The summed E-state index contributed by atoms with van der Waals surface area (Å²) < 4.78 is 0. The van der Waals surface area contributed by atoms with Crippen LogP contribution >= 0.6 is 0 Å². The molecule has 1 amide bonds. The van der Waals surface area contributed by atoms with Crippen molar-refractivity contribution in [3.63, 3.8) is 0 Å². The topological polar surface area (TPSA) is 41.1 Å². The Morgan fingerprint density at radius 1 is 1.28 bits per heavy atom. The van der Waals surface area contributed by atoms with E-state index in [9.17, 15) is 4.79 Å². The summed E-state index contributed by atoms with van der Waals surface area (Å²) in [6.45, 7) is 2.58. The Hall–Kier alpha value is -1.35. The van der Waals surface area contributed by atoms with Crippen LogP contribution in [0.4, 0.5) is 5.69 Å². The molecule has 98 valence electrons. The third-order valence-electron chi connectivity index (χ3n) is 3.75. The molecule has 1 aromatic carbocycles. The second kappa shape index (κ2) is 6.55. The lowest BCUT2D eigenvalue weighted by Crippen LogP contribution is -2.38. The Morgan fingerprint density at radius 2 is 1.94 bits per heavy atom. The van der Waals surface area contributed by atoms with Gasteiger partial charge in [-0.3, -0.25) is 4.79 Å². The van der Waals surface area contributed by atoms with Crippen molar-refractivity contribution in [2.24, 2.45) is 5.92 Å². The first-order valence-corrected chi connectivity index (χ1v) is 6.84. The van der Waals surface area contributed by atoms with E-state index in [0.29, 0.717) is 12.6 Å². The number of hydrogen-bond acceptors (Lipinski definition) is 2. The first kappa shape index (κ1) is 13.1. The van der Waals surface area contributed by atoms with Crippen LogP contribution in [0.15, 0.2) is 30.3 Å². The monoisotopic (exact) mass is 246 g/mol. The van der Waals surface area contributed by atoms with E-state index in [-0.39, 0.29) is 5.91 Å². The van der Waals surface area contributed by atoms with Crippen molar-refractivity contribution >= 4 is 11.6 Å². The fraction of sp³-hybridized carbons (Fsp3) is 0.533. The summed E-state index contributed by atoms with van der Waals surface area (Å²) in [7, 11) is 0. The Labute approximate surface area is 109 Å². The highest BCUT2D eigenvalue weighted by molar-refractivity contribution is 5.92. The molecule has 1 atom stereocenters. The number of hydrogen-bond donors (Lipinski definition) is 2. The van der Waals surface area contributed by atoms with E-state index >= 15 is 0 Å². The number of amides is 1. The second-order valence-electron chi connectivity index (χ2n) is 5.13. The molecular weight excluding hydrogens is 224 g/mol. The lowest BCUT2D eigenvalue weighted by Gasteiger charge is -2.20. The van der Waals surface area contributed by atoms with Crippen molar-refractivity contribution < 1.29 is 4.79 Å². The van der Waals surface area contributed by atoms with Gasteiger partial charge in [0.25, 0.3) is 0 Å². The molecule has 1 fully saturated rings. The number of carbonyl (C=O) groups excluding carboxylic acids is 1. The number of carbonyl (C=O) groups is 1. The Morgan fingerprint density at radius 3 is 2.61 bits per heavy atom. The quantitative estimate of drug-likeness (QED) is 0.838. The highest BCUT2D eigenvalue weighted by atomic mass is 16.1. The van der Waals surface area contributed by atoms with Gasteiger partial charge in [-0.15, -0.1) is 0 Å². The summed E-state index contributed by atoms with van der Waals surface area (Å²) >= 11 is 0. The van der Waals surface area contributed by atoms with Crippen molar-refractivity contribution in [2.75, 3.05) is 11.9 Å². The van der Waals surface area contributed by atoms with Gasteiger partial charge in [0.2, 0.25) is 5.91 Å². The standard InChI is InChI=1S/C15H22N2O/c1-12(13-7-5-6-8-13)16-11-15(18)17-14-9-3-2-4-10-14/h2-4,9-10,12-13,16H,5-8,11H2,1H3,(H,17,18). The minimum Gasteiger partial charge on any atom is -0.325 e. The maximum Gasteiger partial charge on any atom is 0.238 e. The molecule has 0 bridgehead atoms. The van der Waals surface area contributed by atoms with Crippen LogP contribution in [0.3, 0.4) is 0 Å². The maximum absolute atomic E-state index is 11.8. The highest BCUT2D eigenvalue weighted by Crippen LogP contribution is 2.27. The molecule has 1 aliphatic rings. The van der Waals surface area contributed by atoms with Gasteiger partial charge < -0.3 is 10.6 Å². The second-order valence-corrected chi connectivity index (χ2v) is 5.13. The van der Waals surface area contributed by atoms with E-state index < -0.39 is 0 Å². The van der Waals surface area contributed by atoms with Gasteiger partial charge in [-0.25, -0.2) is 0 Å². The minimum absolute atomic E-state index is 0.0334. The van der Waals surface area contributed by atoms with E-state index in [0.717, 1.165) is 11.6 Å². The van der Waals surface area contributed by atoms with E-state index in [1.807, 2.05) is 30.3 Å². The van der Waals surface area contributed by atoms with Crippen LogP contribution in [0.5, 0.6) is 0 Å². The summed E-state index contributed by atoms with van der Waals surface area (Å²) in [4.78, 5) is 11.8. The average Bonchev–Trinajstić information content (AvgIpc) is 2.91. The molecule has 0 aromatic heterocycles. The molecule has 3 heteroatoms. The first-order chi connectivity index (χ1) is 8.75. The predicted octanol–water partition coefficient (Wildman–Crippen LogP) is 2.79. The van der Waals surface area contributed by atoms with Crippen LogP contribution in [0.2, 0.25) is 0 Å². The average molecular weight is 246 g/mol. The molecule has 0 heterocycles. The van der Waals surface area contributed by atoms with Crippen LogP contribution in [0.25, 0.3) is 0 Å². The maximum atomic E-state index is 11.8. The fourth-order valence-corrected chi connectivity index (χ4v) is 2.60. The minimum atomic E-state index is 0.0334. The Kier molecular flexibility index (Phi) is 4.76. The largest absolute Gasteiger partial charge is 0.325 e. The molecule has 3 nitrogen and oxygen atoms in total. The summed E-state index contributed by atoms with van der Waals surface area (Å²) in [5.41, 5.74) is 0.859. The molecule has 0 saturated heterocycles. The predicted molar refractivity (Wildman–Crippen MR) is 74.5 cm³/mol. The van der Waals surface area contributed by atoms with Gasteiger partial charge in [-0.05, 0) is 37.8 Å². The van der Waals surface area contributed by atoms with Gasteiger partial charge in [-0.1, -0.05) is 31.0 Å². The number of para-hydroxylation sites is 1. The Balaban J connectivity index is 1.71. The molecule has 1 aromatic rings. The molecule has 1 saturated carbocycles. The molecule has 0 spiro atoms. The molecule has 18 heavy (non-hydrogen) atoms. The third kappa shape index (κ3) is 3.84. The van der Waals surface area contributed by atoms with E-state index in [4.69, 9.17) is 0 Å². The van der Waals surface area contributed by atoms with Gasteiger partial charge in [0.1, 0.15) is 0 Å². The molecule has 2 rings (SSSR count).